The number of rotatable bonds is 5. The minimum Gasteiger partial charge on any atom is -0.464 e. The van der Waals surface area contributed by atoms with Gasteiger partial charge in [0.15, 0.2) is 0 Å². The summed E-state index contributed by atoms with van der Waals surface area (Å²) >= 11 is 0. The number of likely N-dealkylation sites (tertiary alicyclic amines) is 1. The highest BCUT2D eigenvalue weighted by molar-refractivity contribution is 6.00. The smallest absolute Gasteiger partial charge is 0.332 e. The number of ether oxygens (including phenoxy) is 1. The molecular formula is C22H29NO3. The quantitative estimate of drug-likeness (QED) is 0.591. The van der Waals surface area contributed by atoms with E-state index in [-0.39, 0.29) is 22.7 Å². The van der Waals surface area contributed by atoms with Crippen LogP contribution in [0.2, 0.25) is 0 Å². The van der Waals surface area contributed by atoms with Crippen LogP contribution in [-0.4, -0.2) is 35.5 Å². The lowest BCUT2D eigenvalue weighted by Crippen LogP contribution is -2.61. The van der Waals surface area contributed by atoms with Crippen molar-refractivity contribution in [1.29, 1.82) is 0 Å². The fourth-order valence-electron chi connectivity index (χ4n) is 6.11. The van der Waals surface area contributed by atoms with Crippen LogP contribution in [0.25, 0.3) is 0 Å². The molecule has 0 radical (unpaired) electrons. The SMILES string of the molecule is CCCCOC(=O)[C@@]12C[C@H]3CC[C@@]1(C)[C@@]3(C)CN2C(=O)c1ccccc1. The molecule has 26 heavy (non-hydrogen) atoms. The molecule has 3 fully saturated rings. The predicted octanol–water partition coefficient (Wildman–Crippen LogP) is 4.05. The number of carbonyl (C=O) groups is 2. The van der Waals surface area contributed by atoms with Crippen LogP contribution in [0, 0.1) is 16.7 Å². The number of nitrogens with zero attached hydrogens (tertiary/aromatic N) is 1. The molecule has 1 aromatic rings. The summed E-state index contributed by atoms with van der Waals surface area (Å²) < 4.78 is 5.73. The molecule has 1 aliphatic heterocycles. The average Bonchev–Trinajstić information content (AvgIpc) is 3.11. The number of amides is 1. The topological polar surface area (TPSA) is 46.6 Å². The summed E-state index contributed by atoms with van der Waals surface area (Å²) in [6.07, 6.45) is 4.76. The minimum atomic E-state index is -0.800. The normalized spacial score (nSPS) is 37.2. The molecule has 0 unspecified atom stereocenters. The maximum absolute atomic E-state index is 13.4. The second kappa shape index (κ2) is 5.83. The highest BCUT2D eigenvalue weighted by Gasteiger charge is 2.81. The number of piperidine rings is 1. The Labute approximate surface area is 155 Å². The third-order valence-electron chi connectivity index (χ3n) is 7.89. The van der Waals surface area contributed by atoms with Gasteiger partial charge >= 0.3 is 5.97 Å². The molecule has 4 atom stereocenters. The standard InChI is InChI=1S/C22H29NO3/c1-4-5-13-26-19(25)22-14-17-11-12-21(22,3)20(17,2)15-23(22)18(24)16-9-7-6-8-10-16/h6-10,17H,4-5,11-15H2,1-3H3/t17-,20+,21+,22+/m1/s1. The van der Waals surface area contributed by atoms with E-state index in [4.69, 9.17) is 4.74 Å². The largest absolute Gasteiger partial charge is 0.464 e. The molecule has 2 saturated carbocycles. The van der Waals surface area contributed by atoms with Gasteiger partial charge in [-0.1, -0.05) is 45.4 Å². The Morgan fingerprint density at radius 3 is 2.62 bits per heavy atom. The van der Waals surface area contributed by atoms with E-state index in [1.54, 1.807) is 0 Å². The molecule has 0 N–H and O–H groups in total. The number of esters is 1. The van der Waals surface area contributed by atoms with Crippen molar-refractivity contribution in [2.45, 2.75) is 58.4 Å². The first kappa shape index (κ1) is 17.6. The fraction of sp³-hybridized carbons (Fsp3) is 0.636. The van der Waals surface area contributed by atoms with E-state index in [1.807, 2.05) is 35.2 Å². The van der Waals surface area contributed by atoms with Crippen molar-refractivity contribution in [2.75, 3.05) is 13.2 Å². The van der Waals surface area contributed by atoms with Gasteiger partial charge in [-0.15, -0.1) is 0 Å². The van der Waals surface area contributed by atoms with Crippen molar-refractivity contribution in [2.24, 2.45) is 16.7 Å². The molecule has 1 heterocycles. The van der Waals surface area contributed by atoms with Crippen LogP contribution in [0.4, 0.5) is 0 Å². The zero-order valence-electron chi connectivity index (χ0n) is 16.1. The molecule has 2 aliphatic carbocycles. The van der Waals surface area contributed by atoms with Gasteiger partial charge in [-0.3, -0.25) is 4.79 Å². The van der Waals surface area contributed by atoms with Crippen molar-refractivity contribution < 1.29 is 14.3 Å². The number of unbranched alkanes of at least 4 members (excludes halogenated alkanes) is 1. The molecule has 1 amide bonds. The van der Waals surface area contributed by atoms with Gasteiger partial charge in [-0.05, 0) is 49.1 Å². The van der Waals surface area contributed by atoms with Gasteiger partial charge in [-0.25, -0.2) is 4.79 Å². The summed E-state index contributed by atoms with van der Waals surface area (Å²) in [5.41, 5.74) is -0.339. The highest BCUT2D eigenvalue weighted by Crippen LogP contribution is 2.76. The maximum atomic E-state index is 13.4. The van der Waals surface area contributed by atoms with Crippen LogP contribution >= 0.6 is 0 Å². The van der Waals surface area contributed by atoms with Gasteiger partial charge in [0, 0.05) is 17.5 Å². The van der Waals surface area contributed by atoms with E-state index in [1.165, 1.54) is 0 Å². The van der Waals surface area contributed by atoms with Crippen LogP contribution in [0.5, 0.6) is 0 Å². The van der Waals surface area contributed by atoms with Crippen molar-refractivity contribution >= 4 is 11.9 Å². The summed E-state index contributed by atoms with van der Waals surface area (Å²) in [4.78, 5) is 28.6. The van der Waals surface area contributed by atoms with Gasteiger partial charge in [-0.2, -0.15) is 0 Å². The van der Waals surface area contributed by atoms with Crippen molar-refractivity contribution in [3.8, 4) is 0 Å². The molecule has 4 rings (SSSR count). The molecule has 4 heteroatoms. The van der Waals surface area contributed by atoms with Crippen molar-refractivity contribution in [1.82, 2.24) is 4.90 Å². The molecular weight excluding hydrogens is 326 g/mol. The molecule has 0 spiro atoms. The van der Waals surface area contributed by atoms with Gasteiger partial charge < -0.3 is 9.64 Å². The van der Waals surface area contributed by atoms with Gasteiger partial charge in [0.1, 0.15) is 5.54 Å². The third-order valence-corrected chi connectivity index (χ3v) is 7.89. The lowest BCUT2D eigenvalue weighted by atomic mass is 9.65. The zero-order chi connectivity index (χ0) is 18.6. The highest BCUT2D eigenvalue weighted by atomic mass is 16.5. The first-order valence-corrected chi connectivity index (χ1v) is 9.95. The summed E-state index contributed by atoms with van der Waals surface area (Å²) in [6, 6.07) is 9.35. The maximum Gasteiger partial charge on any atom is 0.332 e. The fourth-order valence-corrected chi connectivity index (χ4v) is 6.11. The molecule has 1 aromatic carbocycles. The van der Waals surface area contributed by atoms with Crippen molar-refractivity contribution in [3.05, 3.63) is 35.9 Å². The zero-order valence-corrected chi connectivity index (χ0v) is 16.1. The summed E-state index contributed by atoms with van der Waals surface area (Å²) in [7, 11) is 0. The van der Waals surface area contributed by atoms with E-state index in [9.17, 15) is 9.59 Å². The molecule has 1 saturated heterocycles. The second-order valence-corrected chi connectivity index (χ2v) is 8.80. The predicted molar refractivity (Wildman–Crippen MR) is 99.6 cm³/mol. The molecule has 3 aliphatic rings. The second-order valence-electron chi connectivity index (χ2n) is 8.80. The molecule has 0 aromatic heterocycles. The van der Waals surface area contributed by atoms with Gasteiger partial charge in [0.2, 0.25) is 0 Å². The van der Waals surface area contributed by atoms with Crippen LogP contribution < -0.4 is 0 Å². The summed E-state index contributed by atoms with van der Waals surface area (Å²) in [5.74, 6) is 0.294. The Morgan fingerprint density at radius 2 is 1.96 bits per heavy atom. The molecule has 4 bridgehead atoms. The number of hydrogen-bond acceptors (Lipinski definition) is 3. The summed E-state index contributed by atoms with van der Waals surface area (Å²) in [5, 5.41) is 0. The van der Waals surface area contributed by atoms with E-state index in [0.717, 1.165) is 32.1 Å². The lowest BCUT2D eigenvalue weighted by Gasteiger charge is -2.46. The first-order chi connectivity index (χ1) is 12.4. The Hall–Kier alpha value is -1.84. The summed E-state index contributed by atoms with van der Waals surface area (Å²) in [6.45, 7) is 7.69. The van der Waals surface area contributed by atoms with E-state index in [0.29, 0.717) is 24.6 Å². The van der Waals surface area contributed by atoms with E-state index >= 15 is 0 Å². The van der Waals surface area contributed by atoms with Crippen LogP contribution in [0.3, 0.4) is 0 Å². The van der Waals surface area contributed by atoms with Gasteiger partial charge in [0.25, 0.3) is 5.91 Å². The molecule has 4 nitrogen and oxygen atoms in total. The van der Waals surface area contributed by atoms with Gasteiger partial charge in [0.05, 0.1) is 6.61 Å². The van der Waals surface area contributed by atoms with E-state index in [2.05, 4.69) is 20.8 Å². The Morgan fingerprint density at radius 1 is 1.23 bits per heavy atom. The van der Waals surface area contributed by atoms with E-state index < -0.39 is 5.54 Å². The minimum absolute atomic E-state index is 0.00121. The Bertz CT molecular complexity index is 732. The first-order valence-electron chi connectivity index (χ1n) is 9.95. The Balaban J connectivity index is 1.73. The van der Waals surface area contributed by atoms with Crippen molar-refractivity contribution in [3.63, 3.8) is 0 Å². The van der Waals surface area contributed by atoms with Crippen LogP contribution in [-0.2, 0) is 9.53 Å². The third kappa shape index (κ3) is 1.96. The number of benzene rings is 1. The number of hydrogen-bond donors (Lipinski definition) is 0. The van der Waals surface area contributed by atoms with Crippen LogP contribution in [0.1, 0.15) is 63.2 Å². The lowest BCUT2D eigenvalue weighted by molar-refractivity contribution is -0.162. The van der Waals surface area contributed by atoms with Crippen LogP contribution in [0.15, 0.2) is 30.3 Å². The molecule has 140 valence electrons. The monoisotopic (exact) mass is 355 g/mol. The Kier molecular flexibility index (Phi) is 3.94. The number of carbonyl (C=O) groups excluding carboxylic acids is 2. The average molecular weight is 355 g/mol.